The van der Waals surface area contributed by atoms with E-state index in [-0.39, 0.29) is 6.04 Å². The monoisotopic (exact) mass is 289 g/mol. The molecule has 2 rings (SSSR count). The molecule has 0 unspecified atom stereocenters. The van der Waals surface area contributed by atoms with Gasteiger partial charge in [0, 0.05) is 9.50 Å². The maximum Gasteiger partial charge on any atom is 0.0761 e. The van der Waals surface area contributed by atoms with E-state index in [9.17, 15) is 5.11 Å². The number of hydrogen-bond donors (Lipinski definition) is 2. The first kappa shape index (κ1) is 11.4. The molecule has 2 nitrogen and oxygen atoms in total. The number of rotatable bonds is 3. The summed E-state index contributed by atoms with van der Waals surface area (Å²) in [5.41, 5.74) is 6.80. The maximum atomic E-state index is 9.93. The lowest BCUT2D eigenvalue weighted by Crippen LogP contribution is -2.28. The first-order valence-electron chi connectivity index (χ1n) is 4.98. The largest absolute Gasteiger partial charge is 0.391 e. The maximum absolute atomic E-state index is 9.93. The highest BCUT2D eigenvalue weighted by atomic mass is 79.9. The molecule has 1 fully saturated rings. The van der Waals surface area contributed by atoms with Gasteiger partial charge in [-0.15, -0.1) is 0 Å². The molecule has 1 aliphatic carbocycles. The van der Waals surface area contributed by atoms with Crippen LogP contribution in [-0.4, -0.2) is 11.2 Å². The zero-order chi connectivity index (χ0) is 11.0. The second-order valence-electron chi connectivity index (χ2n) is 4.02. The molecular weight excluding hydrogens is 277 g/mol. The number of halogens is 2. The smallest absolute Gasteiger partial charge is 0.0761 e. The average Bonchev–Trinajstić information content (AvgIpc) is 3.03. The predicted octanol–water partition coefficient (Wildman–Crippen LogP) is 2.87. The SMILES string of the molecule is N[C@@H](c1cc(Br)ccc1Cl)[C@H](O)C1CC1. The van der Waals surface area contributed by atoms with Gasteiger partial charge in [-0.1, -0.05) is 27.5 Å². The van der Waals surface area contributed by atoms with Crippen LogP contribution in [-0.2, 0) is 0 Å². The van der Waals surface area contributed by atoms with Gasteiger partial charge in [0.15, 0.2) is 0 Å². The third-order valence-electron chi connectivity index (χ3n) is 2.79. The minimum atomic E-state index is -0.475. The van der Waals surface area contributed by atoms with Crippen molar-refractivity contribution in [1.29, 1.82) is 0 Å². The van der Waals surface area contributed by atoms with Crippen molar-refractivity contribution in [3.8, 4) is 0 Å². The van der Waals surface area contributed by atoms with Crippen LogP contribution in [0.4, 0.5) is 0 Å². The molecule has 0 spiro atoms. The topological polar surface area (TPSA) is 46.2 Å². The van der Waals surface area contributed by atoms with Gasteiger partial charge in [-0.2, -0.15) is 0 Å². The van der Waals surface area contributed by atoms with Crippen molar-refractivity contribution in [1.82, 2.24) is 0 Å². The van der Waals surface area contributed by atoms with Gasteiger partial charge in [0.2, 0.25) is 0 Å². The number of nitrogens with two attached hydrogens (primary N) is 1. The highest BCUT2D eigenvalue weighted by molar-refractivity contribution is 9.10. The van der Waals surface area contributed by atoms with Crippen molar-refractivity contribution < 1.29 is 5.11 Å². The molecule has 1 aromatic rings. The minimum absolute atomic E-state index is 0.357. The van der Waals surface area contributed by atoms with Gasteiger partial charge < -0.3 is 10.8 Å². The second kappa shape index (κ2) is 4.42. The van der Waals surface area contributed by atoms with E-state index in [4.69, 9.17) is 17.3 Å². The number of hydrogen-bond acceptors (Lipinski definition) is 2. The highest BCUT2D eigenvalue weighted by Gasteiger charge is 2.34. The molecule has 3 N–H and O–H groups in total. The van der Waals surface area contributed by atoms with Gasteiger partial charge in [0.1, 0.15) is 0 Å². The van der Waals surface area contributed by atoms with Gasteiger partial charge in [0.25, 0.3) is 0 Å². The van der Waals surface area contributed by atoms with Crippen LogP contribution in [0.3, 0.4) is 0 Å². The van der Waals surface area contributed by atoms with E-state index >= 15 is 0 Å². The molecule has 0 heterocycles. The van der Waals surface area contributed by atoms with Crippen LogP contribution in [0.5, 0.6) is 0 Å². The second-order valence-corrected chi connectivity index (χ2v) is 5.34. The standard InChI is InChI=1S/C11H13BrClNO/c12-7-3-4-9(13)8(5-7)10(14)11(15)6-1-2-6/h3-6,10-11,15H,1-2,14H2/t10-,11+/m0/s1. The van der Waals surface area contributed by atoms with E-state index < -0.39 is 6.10 Å². The fourth-order valence-electron chi connectivity index (χ4n) is 1.68. The van der Waals surface area contributed by atoms with Gasteiger partial charge in [-0.3, -0.25) is 0 Å². The van der Waals surface area contributed by atoms with Crippen molar-refractivity contribution in [2.24, 2.45) is 11.7 Å². The Labute approximate surface area is 103 Å². The summed E-state index contributed by atoms with van der Waals surface area (Å²) in [6.45, 7) is 0. The molecule has 0 radical (unpaired) electrons. The molecule has 2 atom stereocenters. The van der Waals surface area contributed by atoms with Gasteiger partial charge in [0.05, 0.1) is 12.1 Å². The average molecular weight is 291 g/mol. The summed E-state index contributed by atoms with van der Waals surface area (Å²) < 4.78 is 0.931. The highest BCUT2D eigenvalue weighted by Crippen LogP contribution is 2.38. The predicted molar refractivity (Wildman–Crippen MR) is 64.8 cm³/mol. The lowest BCUT2D eigenvalue weighted by atomic mass is 9.99. The summed E-state index contributed by atoms with van der Waals surface area (Å²) >= 11 is 9.42. The Morgan fingerprint density at radius 1 is 1.47 bits per heavy atom. The summed E-state index contributed by atoms with van der Waals surface area (Å²) in [7, 11) is 0. The van der Waals surface area contributed by atoms with E-state index in [0.717, 1.165) is 22.9 Å². The third-order valence-corrected chi connectivity index (χ3v) is 3.63. The van der Waals surface area contributed by atoms with Crippen molar-refractivity contribution in [3.05, 3.63) is 33.3 Å². The first-order chi connectivity index (χ1) is 7.09. The molecule has 82 valence electrons. The fraction of sp³-hybridized carbons (Fsp3) is 0.455. The molecule has 4 heteroatoms. The quantitative estimate of drug-likeness (QED) is 0.899. The molecular formula is C11H13BrClNO. The van der Waals surface area contributed by atoms with Crippen molar-refractivity contribution >= 4 is 27.5 Å². The molecule has 0 aliphatic heterocycles. The number of aliphatic hydroxyl groups excluding tert-OH is 1. The Balaban J connectivity index is 2.23. The zero-order valence-electron chi connectivity index (χ0n) is 8.16. The summed E-state index contributed by atoms with van der Waals surface area (Å²) in [5.74, 6) is 0.357. The summed E-state index contributed by atoms with van der Waals surface area (Å²) in [6.07, 6.45) is 1.66. The summed E-state index contributed by atoms with van der Waals surface area (Å²) in [5, 5.41) is 10.5. The van der Waals surface area contributed by atoms with Crippen LogP contribution < -0.4 is 5.73 Å². The Hall–Kier alpha value is -0.0900. The third kappa shape index (κ3) is 2.53. The first-order valence-corrected chi connectivity index (χ1v) is 6.15. The molecule has 0 bridgehead atoms. The zero-order valence-corrected chi connectivity index (χ0v) is 10.5. The van der Waals surface area contributed by atoms with E-state index in [1.807, 2.05) is 12.1 Å². The van der Waals surface area contributed by atoms with Gasteiger partial charge in [-0.25, -0.2) is 0 Å². The lowest BCUT2D eigenvalue weighted by molar-refractivity contribution is 0.122. The van der Waals surface area contributed by atoms with Crippen molar-refractivity contribution in [2.75, 3.05) is 0 Å². The van der Waals surface area contributed by atoms with Crippen LogP contribution in [0.15, 0.2) is 22.7 Å². The Bertz CT molecular complexity index is 368. The van der Waals surface area contributed by atoms with Gasteiger partial charge >= 0.3 is 0 Å². The van der Waals surface area contributed by atoms with E-state index in [1.165, 1.54) is 0 Å². The Kier molecular flexibility index (Phi) is 3.36. The van der Waals surface area contributed by atoms with Crippen LogP contribution >= 0.6 is 27.5 Å². The van der Waals surface area contributed by atoms with Crippen LogP contribution in [0.25, 0.3) is 0 Å². The number of benzene rings is 1. The molecule has 15 heavy (non-hydrogen) atoms. The molecule has 0 aromatic heterocycles. The van der Waals surface area contributed by atoms with Crippen molar-refractivity contribution in [2.45, 2.75) is 25.0 Å². The molecule has 1 aromatic carbocycles. The Morgan fingerprint density at radius 3 is 2.73 bits per heavy atom. The molecule has 0 amide bonds. The van der Waals surface area contributed by atoms with Crippen LogP contribution in [0.1, 0.15) is 24.4 Å². The van der Waals surface area contributed by atoms with Crippen LogP contribution in [0.2, 0.25) is 5.02 Å². The summed E-state index contributed by atoms with van der Waals surface area (Å²) in [6, 6.07) is 5.14. The molecule has 1 aliphatic rings. The van der Waals surface area contributed by atoms with Gasteiger partial charge in [-0.05, 0) is 42.5 Å². The summed E-state index contributed by atoms with van der Waals surface area (Å²) in [4.78, 5) is 0. The Morgan fingerprint density at radius 2 is 2.13 bits per heavy atom. The fourth-order valence-corrected chi connectivity index (χ4v) is 2.31. The minimum Gasteiger partial charge on any atom is -0.391 e. The molecule has 0 saturated heterocycles. The van der Waals surface area contributed by atoms with E-state index in [0.29, 0.717) is 10.9 Å². The van der Waals surface area contributed by atoms with Crippen LogP contribution in [0, 0.1) is 5.92 Å². The van der Waals surface area contributed by atoms with Crippen molar-refractivity contribution in [3.63, 3.8) is 0 Å². The number of aliphatic hydroxyl groups is 1. The molecule has 1 saturated carbocycles. The normalized spacial score (nSPS) is 20.0. The lowest BCUT2D eigenvalue weighted by Gasteiger charge is -2.20. The van der Waals surface area contributed by atoms with E-state index in [1.54, 1.807) is 6.07 Å². The van der Waals surface area contributed by atoms with E-state index in [2.05, 4.69) is 15.9 Å².